The Morgan fingerprint density at radius 3 is 1.92 bits per heavy atom. The molecule has 0 N–H and O–H groups in total. The topological polar surface area (TPSA) is 37.4 Å². The van der Waals surface area contributed by atoms with Crippen LogP contribution < -0.4 is 0 Å². The monoisotopic (exact) mass is 184 g/mol. The molecular weight excluding hydrogens is 166 g/mol. The predicted octanol–water partition coefficient (Wildman–Crippen LogP) is 1.52. The standard InChI is InChI=1S/C10H18NO2/c1-3-5-7-11(8-6-4-2)10(13)9-12/h3-8H2,1-2H3. The summed E-state index contributed by atoms with van der Waals surface area (Å²) in [4.78, 5) is 22.8. The van der Waals surface area contributed by atoms with Crippen LogP contribution in [0.3, 0.4) is 0 Å². The highest BCUT2D eigenvalue weighted by Crippen LogP contribution is 1.98. The fourth-order valence-electron chi connectivity index (χ4n) is 1.08. The van der Waals surface area contributed by atoms with Crippen molar-refractivity contribution >= 4 is 12.2 Å². The molecule has 0 atom stereocenters. The van der Waals surface area contributed by atoms with E-state index in [1.165, 1.54) is 6.29 Å². The lowest BCUT2D eigenvalue weighted by atomic mass is 10.2. The van der Waals surface area contributed by atoms with Gasteiger partial charge in [-0.25, -0.2) is 0 Å². The summed E-state index contributed by atoms with van der Waals surface area (Å²) in [6.45, 7) is 5.50. The molecule has 0 saturated heterocycles. The Morgan fingerprint density at radius 2 is 1.62 bits per heavy atom. The minimum Gasteiger partial charge on any atom is -0.336 e. The molecule has 3 nitrogen and oxygen atoms in total. The van der Waals surface area contributed by atoms with Crippen LogP contribution in [0.15, 0.2) is 0 Å². The van der Waals surface area contributed by atoms with Crippen LogP contribution in [0.25, 0.3) is 0 Å². The molecule has 0 rings (SSSR count). The lowest BCUT2D eigenvalue weighted by Crippen LogP contribution is -2.33. The summed E-state index contributed by atoms with van der Waals surface area (Å²) in [6, 6.07) is 0. The Labute approximate surface area is 80.1 Å². The predicted molar refractivity (Wildman–Crippen MR) is 52.1 cm³/mol. The van der Waals surface area contributed by atoms with E-state index in [0.29, 0.717) is 13.1 Å². The zero-order valence-corrected chi connectivity index (χ0v) is 8.51. The van der Waals surface area contributed by atoms with Gasteiger partial charge in [-0.1, -0.05) is 26.7 Å². The molecular formula is C10H18NO2. The summed E-state index contributed by atoms with van der Waals surface area (Å²) >= 11 is 0. The number of hydrogen-bond donors (Lipinski definition) is 0. The van der Waals surface area contributed by atoms with Crippen LogP contribution in [-0.4, -0.2) is 30.2 Å². The molecule has 0 aromatic rings. The number of carbonyl (C=O) groups is 1. The maximum absolute atomic E-state index is 11.0. The number of unbranched alkanes of at least 4 members (excludes halogenated alkanes) is 2. The van der Waals surface area contributed by atoms with Crippen molar-refractivity contribution in [1.82, 2.24) is 4.90 Å². The van der Waals surface area contributed by atoms with Gasteiger partial charge in [0.05, 0.1) is 0 Å². The molecule has 1 amide bonds. The molecule has 0 aliphatic carbocycles. The fraction of sp³-hybridized carbons (Fsp3) is 0.800. The van der Waals surface area contributed by atoms with Gasteiger partial charge >= 0.3 is 0 Å². The van der Waals surface area contributed by atoms with Crippen LogP contribution in [0.4, 0.5) is 0 Å². The van der Waals surface area contributed by atoms with E-state index in [-0.39, 0.29) is 0 Å². The lowest BCUT2D eigenvalue weighted by molar-refractivity contribution is -0.124. The quantitative estimate of drug-likeness (QED) is 0.563. The summed E-state index contributed by atoms with van der Waals surface area (Å²) in [5, 5.41) is 0. The molecule has 75 valence electrons. The van der Waals surface area contributed by atoms with E-state index >= 15 is 0 Å². The number of nitrogens with zero attached hydrogens (tertiary/aromatic N) is 1. The second-order valence-corrected chi connectivity index (χ2v) is 3.10. The minimum absolute atomic E-state index is 0.498. The van der Waals surface area contributed by atoms with Gasteiger partial charge in [-0.3, -0.25) is 9.59 Å². The zero-order chi connectivity index (χ0) is 10.1. The third-order valence-electron chi connectivity index (χ3n) is 1.94. The highest BCUT2D eigenvalue weighted by Gasteiger charge is 2.11. The molecule has 1 radical (unpaired) electrons. The first-order valence-corrected chi connectivity index (χ1v) is 4.93. The van der Waals surface area contributed by atoms with Gasteiger partial charge in [-0.2, -0.15) is 0 Å². The maximum atomic E-state index is 11.0. The Balaban J connectivity index is 3.86. The molecule has 0 unspecified atom stereocenters. The summed E-state index contributed by atoms with van der Waals surface area (Å²) in [6.07, 6.45) is 5.40. The van der Waals surface area contributed by atoms with Gasteiger partial charge in [0.2, 0.25) is 0 Å². The molecule has 3 heteroatoms. The van der Waals surface area contributed by atoms with E-state index in [1.807, 2.05) is 0 Å². The van der Waals surface area contributed by atoms with Crippen LogP contribution in [0.2, 0.25) is 0 Å². The Hall–Kier alpha value is -0.860. The van der Waals surface area contributed by atoms with E-state index in [0.717, 1.165) is 25.7 Å². The Morgan fingerprint density at radius 1 is 1.15 bits per heavy atom. The fourth-order valence-corrected chi connectivity index (χ4v) is 1.08. The number of amides is 1. The van der Waals surface area contributed by atoms with Crippen LogP contribution in [-0.2, 0) is 9.59 Å². The van der Waals surface area contributed by atoms with E-state index < -0.39 is 5.91 Å². The highest BCUT2D eigenvalue weighted by atomic mass is 16.2. The third kappa shape index (κ3) is 5.39. The second-order valence-electron chi connectivity index (χ2n) is 3.10. The van der Waals surface area contributed by atoms with Gasteiger partial charge in [0.25, 0.3) is 12.2 Å². The average Bonchev–Trinajstić information content (AvgIpc) is 2.17. The van der Waals surface area contributed by atoms with Gasteiger partial charge < -0.3 is 4.90 Å². The second kappa shape index (κ2) is 7.77. The molecule has 0 bridgehead atoms. The Bertz CT molecular complexity index is 149. The smallest absolute Gasteiger partial charge is 0.298 e. The SMILES string of the molecule is CCCCN(CCCC)C(=O)[C]=O. The largest absolute Gasteiger partial charge is 0.336 e. The van der Waals surface area contributed by atoms with Crippen molar-refractivity contribution in [3.05, 3.63) is 0 Å². The average molecular weight is 184 g/mol. The molecule has 0 saturated carbocycles. The number of hydrogen-bond acceptors (Lipinski definition) is 2. The molecule has 13 heavy (non-hydrogen) atoms. The van der Waals surface area contributed by atoms with Crippen molar-refractivity contribution < 1.29 is 9.59 Å². The normalized spacial score (nSPS) is 9.69. The Kier molecular flexibility index (Phi) is 7.26. The van der Waals surface area contributed by atoms with Gasteiger partial charge in [0.15, 0.2) is 0 Å². The van der Waals surface area contributed by atoms with Gasteiger partial charge in [0.1, 0.15) is 0 Å². The van der Waals surface area contributed by atoms with Crippen LogP contribution >= 0.6 is 0 Å². The van der Waals surface area contributed by atoms with Crippen molar-refractivity contribution in [1.29, 1.82) is 0 Å². The maximum Gasteiger partial charge on any atom is 0.298 e. The molecule has 0 aromatic carbocycles. The van der Waals surface area contributed by atoms with Crippen LogP contribution in [0, 0.1) is 0 Å². The third-order valence-corrected chi connectivity index (χ3v) is 1.94. The zero-order valence-electron chi connectivity index (χ0n) is 8.51. The molecule has 0 aliphatic heterocycles. The van der Waals surface area contributed by atoms with E-state index in [9.17, 15) is 9.59 Å². The molecule has 0 aliphatic rings. The van der Waals surface area contributed by atoms with Crippen LogP contribution in [0.1, 0.15) is 39.5 Å². The van der Waals surface area contributed by atoms with Gasteiger partial charge in [0, 0.05) is 13.1 Å². The first kappa shape index (κ1) is 12.1. The van der Waals surface area contributed by atoms with E-state index in [4.69, 9.17) is 0 Å². The summed E-state index contributed by atoms with van der Waals surface area (Å²) in [5.74, 6) is -0.498. The molecule has 0 fully saturated rings. The summed E-state index contributed by atoms with van der Waals surface area (Å²) in [5.41, 5.74) is 0. The van der Waals surface area contributed by atoms with Crippen molar-refractivity contribution in [3.8, 4) is 0 Å². The van der Waals surface area contributed by atoms with E-state index in [2.05, 4.69) is 13.8 Å². The molecule has 0 spiro atoms. The van der Waals surface area contributed by atoms with Crippen LogP contribution in [0.5, 0.6) is 0 Å². The van der Waals surface area contributed by atoms with E-state index in [1.54, 1.807) is 4.90 Å². The van der Waals surface area contributed by atoms with Crippen molar-refractivity contribution in [2.45, 2.75) is 39.5 Å². The van der Waals surface area contributed by atoms with Gasteiger partial charge in [-0.05, 0) is 12.8 Å². The van der Waals surface area contributed by atoms with Gasteiger partial charge in [-0.15, -0.1) is 0 Å². The molecule has 0 aromatic heterocycles. The first-order chi connectivity index (χ1) is 6.26. The lowest BCUT2D eigenvalue weighted by Gasteiger charge is -2.18. The molecule has 0 heterocycles. The van der Waals surface area contributed by atoms with Crippen molar-refractivity contribution in [2.75, 3.05) is 13.1 Å². The first-order valence-electron chi connectivity index (χ1n) is 4.93. The number of rotatable bonds is 7. The van der Waals surface area contributed by atoms with Crippen molar-refractivity contribution in [3.63, 3.8) is 0 Å². The van der Waals surface area contributed by atoms with Crippen molar-refractivity contribution in [2.24, 2.45) is 0 Å². The summed E-state index contributed by atoms with van der Waals surface area (Å²) < 4.78 is 0. The number of carbonyl (C=O) groups excluding carboxylic acids is 2. The minimum atomic E-state index is -0.498. The summed E-state index contributed by atoms with van der Waals surface area (Å²) in [7, 11) is 0. The highest BCUT2D eigenvalue weighted by molar-refractivity contribution is 6.23.